The third-order valence-electron chi connectivity index (χ3n) is 6.92. The zero-order valence-corrected chi connectivity index (χ0v) is 21.7. The summed E-state index contributed by atoms with van der Waals surface area (Å²) in [6.07, 6.45) is 2.33. The number of hydrogen-bond donors (Lipinski definition) is 1. The number of benzene rings is 2. The van der Waals surface area contributed by atoms with Crippen molar-refractivity contribution in [3.63, 3.8) is 0 Å². The molecule has 2 N–H and O–H groups in total. The SMILES string of the molecule is COc1ccc(OC)c(-c2nc3ccc(C(N)=O)cc3n2C2CC(C(=O)N(C)CCCN(C)C)C2)c1. The fourth-order valence-corrected chi connectivity index (χ4v) is 4.84. The fraction of sp³-hybridized carbons (Fsp3) is 0.444. The molecule has 3 aromatic rings. The van der Waals surface area contributed by atoms with Gasteiger partial charge in [-0.3, -0.25) is 9.59 Å². The van der Waals surface area contributed by atoms with Crippen LogP contribution in [0.5, 0.6) is 11.5 Å². The Kier molecular flexibility index (Phi) is 7.49. The topological polar surface area (TPSA) is 103 Å². The molecule has 0 saturated heterocycles. The van der Waals surface area contributed by atoms with Gasteiger partial charge in [0.25, 0.3) is 0 Å². The largest absolute Gasteiger partial charge is 0.497 e. The molecule has 9 heteroatoms. The monoisotopic (exact) mass is 493 g/mol. The van der Waals surface area contributed by atoms with Crippen LogP contribution in [0, 0.1) is 5.92 Å². The van der Waals surface area contributed by atoms with Crippen molar-refractivity contribution in [2.75, 3.05) is 48.5 Å². The Morgan fingerprint density at radius 2 is 1.81 bits per heavy atom. The van der Waals surface area contributed by atoms with E-state index in [2.05, 4.69) is 9.47 Å². The highest BCUT2D eigenvalue weighted by atomic mass is 16.5. The highest BCUT2D eigenvalue weighted by molar-refractivity contribution is 5.97. The van der Waals surface area contributed by atoms with Crippen LogP contribution in [0.25, 0.3) is 22.4 Å². The predicted octanol–water partition coefficient (Wildman–Crippen LogP) is 3.18. The fourth-order valence-electron chi connectivity index (χ4n) is 4.84. The van der Waals surface area contributed by atoms with Crippen molar-refractivity contribution in [3.05, 3.63) is 42.0 Å². The minimum absolute atomic E-state index is 0.0452. The summed E-state index contributed by atoms with van der Waals surface area (Å²) in [5.74, 6) is 1.69. The summed E-state index contributed by atoms with van der Waals surface area (Å²) in [4.78, 5) is 33.8. The average molecular weight is 494 g/mol. The van der Waals surface area contributed by atoms with E-state index in [9.17, 15) is 9.59 Å². The zero-order chi connectivity index (χ0) is 26.0. The molecule has 0 unspecified atom stereocenters. The van der Waals surface area contributed by atoms with E-state index >= 15 is 0 Å². The van der Waals surface area contributed by atoms with Crippen LogP contribution in [0.3, 0.4) is 0 Å². The lowest BCUT2D eigenvalue weighted by Crippen LogP contribution is -2.41. The van der Waals surface area contributed by atoms with Crippen molar-refractivity contribution in [2.24, 2.45) is 11.7 Å². The summed E-state index contributed by atoms with van der Waals surface area (Å²) in [5, 5.41) is 0. The normalized spacial score (nSPS) is 17.2. The van der Waals surface area contributed by atoms with Gasteiger partial charge in [0.1, 0.15) is 17.3 Å². The second-order valence-corrected chi connectivity index (χ2v) is 9.68. The maximum Gasteiger partial charge on any atom is 0.248 e. The first-order valence-electron chi connectivity index (χ1n) is 12.2. The van der Waals surface area contributed by atoms with Crippen molar-refractivity contribution < 1.29 is 19.1 Å². The second-order valence-electron chi connectivity index (χ2n) is 9.68. The minimum Gasteiger partial charge on any atom is -0.497 e. The lowest BCUT2D eigenvalue weighted by molar-refractivity contribution is -0.138. The molecule has 0 bridgehead atoms. The average Bonchev–Trinajstić information content (AvgIpc) is 3.20. The number of nitrogens with two attached hydrogens (primary N) is 1. The van der Waals surface area contributed by atoms with Gasteiger partial charge >= 0.3 is 0 Å². The molecular formula is C27H35N5O4. The number of nitrogens with zero attached hydrogens (tertiary/aromatic N) is 4. The lowest BCUT2D eigenvalue weighted by Gasteiger charge is -2.38. The number of amides is 2. The van der Waals surface area contributed by atoms with Gasteiger partial charge in [0.05, 0.1) is 30.8 Å². The molecule has 4 rings (SSSR count). The summed E-state index contributed by atoms with van der Waals surface area (Å²) < 4.78 is 13.2. The summed E-state index contributed by atoms with van der Waals surface area (Å²) in [7, 11) is 9.18. The quantitative estimate of drug-likeness (QED) is 0.465. The zero-order valence-electron chi connectivity index (χ0n) is 21.7. The van der Waals surface area contributed by atoms with Crippen LogP contribution in [-0.4, -0.2) is 79.6 Å². The number of ether oxygens (including phenoxy) is 2. The van der Waals surface area contributed by atoms with Gasteiger partial charge in [0.2, 0.25) is 11.8 Å². The van der Waals surface area contributed by atoms with E-state index in [-0.39, 0.29) is 17.9 Å². The molecule has 1 heterocycles. The van der Waals surface area contributed by atoms with E-state index in [4.69, 9.17) is 20.2 Å². The molecule has 36 heavy (non-hydrogen) atoms. The lowest BCUT2D eigenvalue weighted by atomic mass is 9.78. The molecule has 0 radical (unpaired) electrons. The van der Waals surface area contributed by atoms with Crippen molar-refractivity contribution in [2.45, 2.75) is 25.3 Å². The Labute approximate surface area is 211 Å². The summed E-state index contributed by atoms with van der Waals surface area (Å²) >= 11 is 0. The molecule has 2 aromatic carbocycles. The van der Waals surface area contributed by atoms with Gasteiger partial charge in [-0.15, -0.1) is 0 Å². The molecule has 1 fully saturated rings. The highest BCUT2D eigenvalue weighted by Gasteiger charge is 2.39. The van der Waals surface area contributed by atoms with Crippen molar-refractivity contribution in [3.8, 4) is 22.9 Å². The third kappa shape index (κ3) is 5.02. The molecule has 192 valence electrons. The van der Waals surface area contributed by atoms with Crippen molar-refractivity contribution in [1.29, 1.82) is 0 Å². The Hall–Kier alpha value is -3.59. The molecule has 1 aliphatic carbocycles. The van der Waals surface area contributed by atoms with Gasteiger partial charge in [-0.1, -0.05) is 0 Å². The smallest absolute Gasteiger partial charge is 0.248 e. The van der Waals surface area contributed by atoms with E-state index in [1.54, 1.807) is 26.4 Å². The van der Waals surface area contributed by atoms with Crippen molar-refractivity contribution >= 4 is 22.8 Å². The third-order valence-corrected chi connectivity index (χ3v) is 6.92. The van der Waals surface area contributed by atoms with E-state index < -0.39 is 5.91 Å². The molecule has 9 nitrogen and oxygen atoms in total. The number of hydrogen-bond acceptors (Lipinski definition) is 6. The van der Waals surface area contributed by atoms with Crippen LogP contribution >= 0.6 is 0 Å². The first kappa shape index (κ1) is 25.5. The van der Waals surface area contributed by atoms with Crippen molar-refractivity contribution in [1.82, 2.24) is 19.4 Å². The number of carbonyl (C=O) groups excluding carboxylic acids is 2. The number of aromatic nitrogens is 2. The second kappa shape index (κ2) is 10.6. The maximum absolute atomic E-state index is 13.1. The Morgan fingerprint density at radius 1 is 1.06 bits per heavy atom. The summed E-state index contributed by atoms with van der Waals surface area (Å²) in [5.41, 5.74) is 8.33. The van der Waals surface area contributed by atoms with Crippen LogP contribution in [0.4, 0.5) is 0 Å². The Bertz CT molecular complexity index is 1260. The molecule has 1 aliphatic rings. The number of methoxy groups -OCH3 is 2. The van der Waals surface area contributed by atoms with E-state index in [1.165, 1.54) is 0 Å². The van der Waals surface area contributed by atoms with E-state index in [0.29, 0.717) is 35.7 Å². The van der Waals surface area contributed by atoms with E-state index in [0.717, 1.165) is 36.1 Å². The molecule has 1 saturated carbocycles. The van der Waals surface area contributed by atoms with Crippen LogP contribution in [0.1, 0.15) is 35.7 Å². The molecule has 1 aromatic heterocycles. The van der Waals surface area contributed by atoms with Gasteiger partial charge in [0.15, 0.2) is 0 Å². The highest BCUT2D eigenvalue weighted by Crippen LogP contribution is 2.45. The summed E-state index contributed by atoms with van der Waals surface area (Å²) in [6.45, 7) is 1.68. The predicted molar refractivity (Wildman–Crippen MR) is 139 cm³/mol. The van der Waals surface area contributed by atoms with Gasteiger partial charge in [-0.05, 0) is 76.3 Å². The Balaban J connectivity index is 1.68. The van der Waals surface area contributed by atoms with Gasteiger partial charge in [0, 0.05) is 31.1 Å². The van der Waals surface area contributed by atoms with Crippen LogP contribution in [0.2, 0.25) is 0 Å². The maximum atomic E-state index is 13.1. The van der Waals surface area contributed by atoms with Gasteiger partial charge < -0.3 is 29.6 Å². The number of rotatable bonds is 10. The van der Waals surface area contributed by atoms with Gasteiger partial charge in [-0.25, -0.2) is 4.98 Å². The molecule has 2 amide bonds. The van der Waals surface area contributed by atoms with Crippen LogP contribution in [-0.2, 0) is 4.79 Å². The van der Waals surface area contributed by atoms with Crippen LogP contribution < -0.4 is 15.2 Å². The number of carbonyl (C=O) groups is 2. The first-order chi connectivity index (χ1) is 17.2. The molecule has 0 spiro atoms. The van der Waals surface area contributed by atoms with E-state index in [1.807, 2.05) is 50.3 Å². The Morgan fingerprint density at radius 3 is 2.44 bits per heavy atom. The standard InChI is InChI=1S/C27H35N5O4/c1-30(2)11-6-12-31(3)27(34)18-13-19(14-18)32-23-15-17(25(28)33)7-9-22(23)29-26(32)21-16-20(35-4)8-10-24(21)36-5/h7-10,15-16,18-19H,6,11-14H2,1-5H3,(H2,28,33). The molecule has 0 atom stereocenters. The number of imidazole rings is 1. The van der Waals surface area contributed by atoms with Crippen LogP contribution in [0.15, 0.2) is 36.4 Å². The molecule has 0 aliphatic heterocycles. The molecular weight excluding hydrogens is 458 g/mol. The first-order valence-corrected chi connectivity index (χ1v) is 12.2. The summed E-state index contributed by atoms with van der Waals surface area (Å²) in [6, 6.07) is 10.9. The minimum atomic E-state index is -0.494. The van der Waals surface area contributed by atoms with Gasteiger partial charge in [-0.2, -0.15) is 0 Å². The number of fused-ring (bicyclic) bond motifs is 1. The number of primary amides is 1.